The lowest BCUT2D eigenvalue weighted by Gasteiger charge is -2.34. The first-order chi connectivity index (χ1) is 15.3. The number of rotatable bonds is 7. The molecule has 1 saturated carbocycles. The number of amides is 1. The predicted molar refractivity (Wildman–Crippen MR) is 126 cm³/mol. The SMILES string of the molecule is Cc1nc(-c2cccc(NCCNC3CCCN(C(=O)OC(C)(C)C)C3)n2)[nH]c1C1CC1. The smallest absolute Gasteiger partial charge is 0.410 e. The van der Waals surface area contributed by atoms with Gasteiger partial charge in [-0.25, -0.2) is 14.8 Å². The summed E-state index contributed by atoms with van der Waals surface area (Å²) >= 11 is 0. The number of imidazole rings is 1. The van der Waals surface area contributed by atoms with Gasteiger partial charge in [0.1, 0.15) is 17.1 Å². The summed E-state index contributed by atoms with van der Waals surface area (Å²) in [6.07, 6.45) is 4.33. The molecule has 2 aromatic heterocycles. The molecule has 1 aliphatic heterocycles. The molecule has 1 unspecified atom stereocenters. The molecule has 32 heavy (non-hydrogen) atoms. The van der Waals surface area contributed by atoms with Crippen molar-refractivity contribution in [2.24, 2.45) is 0 Å². The number of carbonyl (C=O) groups excluding carboxylic acids is 1. The molecule has 0 aromatic carbocycles. The number of likely N-dealkylation sites (tertiary alicyclic amines) is 1. The monoisotopic (exact) mass is 440 g/mol. The zero-order chi connectivity index (χ0) is 22.7. The molecule has 0 spiro atoms. The number of aromatic amines is 1. The first kappa shape index (κ1) is 22.6. The summed E-state index contributed by atoms with van der Waals surface area (Å²) in [7, 11) is 0. The number of anilines is 1. The molecule has 8 nitrogen and oxygen atoms in total. The van der Waals surface area contributed by atoms with Gasteiger partial charge in [0.05, 0.1) is 5.69 Å². The van der Waals surface area contributed by atoms with Gasteiger partial charge in [0.25, 0.3) is 0 Å². The number of aromatic nitrogens is 3. The van der Waals surface area contributed by atoms with Crippen LogP contribution in [0.1, 0.15) is 63.8 Å². The number of pyridine rings is 1. The largest absolute Gasteiger partial charge is 0.444 e. The van der Waals surface area contributed by atoms with Crippen LogP contribution in [0.2, 0.25) is 0 Å². The van der Waals surface area contributed by atoms with Crippen LogP contribution in [0.3, 0.4) is 0 Å². The van der Waals surface area contributed by atoms with Gasteiger partial charge in [-0.05, 0) is 65.5 Å². The molecule has 2 aromatic rings. The van der Waals surface area contributed by atoms with Crippen molar-refractivity contribution in [3.63, 3.8) is 0 Å². The van der Waals surface area contributed by atoms with Crippen LogP contribution in [0, 0.1) is 6.92 Å². The fraction of sp³-hybridized carbons (Fsp3) is 0.625. The number of nitrogens with zero attached hydrogens (tertiary/aromatic N) is 3. The molecule has 0 bridgehead atoms. The number of aryl methyl sites for hydroxylation is 1. The quantitative estimate of drug-likeness (QED) is 0.562. The molecule has 3 heterocycles. The zero-order valence-corrected chi connectivity index (χ0v) is 19.7. The third-order valence-corrected chi connectivity index (χ3v) is 5.84. The van der Waals surface area contributed by atoms with Gasteiger partial charge in [-0.3, -0.25) is 0 Å². The van der Waals surface area contributed by atoms with Gasteiger partial charge < -0.3 is 25.3 Å². The maximum atomic E-state index is 12.3. The Morgan fingerprint density at radius 3 is 2.78 bits per heavy atom. The topological polar surface area (TPSA) is 95.2 Å². The second kappa shape index (κ2) is 9.48. The van der Waals surface area contributed by atoms with E-state index in [1.54, 1.807) is 0 Å². The first-order valence-electron chi connectivity index (χ1n) is 11.8. The van der Waals surface area contributed by atoms with E-state index in [0.29, 0.717) is 12.5 Å². The van der Waals surface area contributed by atoms with E-state index in [1.807, 2.05) is 43.9 Å². The molecule has 174 valence electrons. The number of ether oxygens (including phenoxy) is 1. The van der Waals surface area contributed by atoms with Gasteiger partial charge >= 0.3 is 6.09 Å². The van der Waals surface area contributed by atoms with Gasteiger partial charge in [-0.1, -0.05) is 6.07 Å². The van der Waals surface area contributed by atoms with E-state index in [2.05, 4.69) is 27.5 Å². The van der Waals surface area contributed by atoms with E-state index < -0.39 is 5.60 Å². The Labute approximate surface area is 190 Å². The third-order valence-electron chi connectivity index (χ3n) is 5.84. The first-order valence-corrected chi connectivity index (χ1v) is 11.8. The maximum absolute atomic E-state index is 12.3. The zero-order valence-electron chi connectivity index (χ0n) is 19.7. The Bertz CT molecular complexity index is 931. The summed E-state index contributed by atoms with van der Waals surface area (Å²) < 4.78 is 5.51. The summed E-state index contributed by atoms with van der Waals surface area (Å²) in [5.74, 6) is 2.33. The Balaban J connectivity index is 1.24. The molecule has 4 rings (SSSR count). The second-order valence-corrected chi connectivity index (χ2v) is 9.91. The molecule has 2 aliphatic rings. The minimum absolute atomic E-state index is 0.221. The maximum Gasteiger partial charge on any atom is 0.410 e. The highest BCUT2D eigenvalue weighted by Gasteiger charge is 2.28. The molecular weight excluding hydrogens is 404 g/mol. The van der Waals surface area contributed by atoms with Gasteiger partial charge in [0, 0.05) is 43.8 Å². The molecular formula is C24H36N6O2. The number of hydrogen-bond donors (Lipinski definition) is 3. The average molecular weight is 441 g/mol. The molecule has 2 fully saturated rings. The van der Waals surface area contributed by atoms with Crippen molar-refractivity contribution >= 4 is 11.9 Å². The highest BCUT2D eigenvalue weighted by atomic mass is 16.6. The van der Waals surface area contributed by atoms with E-state index in [0.717, 1.165) is 55.5 Å². The van der Waals surface area contributed by atoms with E-state index >= 15 is 0 Å². The van der Waals surface area contributed by atoms with Gasteiger partial charge in [-0.2, -0.15) is 0 Å². The summed E-state index contributed by atoms with van der Waals surface area (Å²) in [4.78, 5) is 27.0. The second-order valence-electron chi connectivity index (χ2n) is 9.91. The van der Waals surface area contributed by atoms with Crippen LogP contribution in [0.25, 0.3) is 11.5 Å². The fourth-order valence-corrected chi connectivity index (χ4v) is 4.13. The minimum atomic E-state index is -0.462. The molecule has 1 atom stereocenters. The number of H-pyrrole nitrogens is 1. The Morgan fingerprint density at radius 2 is 2.03 bits per heavy atom. The van der Waals surface area contributed by atoms with Gasteiger partial charge in [0.15, 0.2) is 5.82 Å². The van der Waals surface area contributed by atoms with Crippen molar-refractivity contribution in [3.8, 4) is 11.5 Å². The van der Waals surface area contributed by atoms with Crippen LogP contribution in [0.4, 0.5) is 10.6 Å². The van der Waals surface area contributed by atoms with Crippen LogP contribution in [-0.2, 0) is 4.74 Å². The number of piperidine rings is 1. The fourth-order valence-electron chi connectivity index (χ4n) is 4.13. The predicted octanol–water partition coefficient (Wildman–Crippen LogP) is 4.06. The summed E-state index contributed by atoms with van der Waals surface area (Å²) in [6, 6.07) is 6.26. The number of hydrogen-bond acceptors (Lipinski definition) is 6. The summed E-state index contributed by atoms with van der Waals surface area (Å²) in [5, 5.41) is 6.95. The lowest BCUT2D eigenvalue weighted by molar-refractivity contribution is 0.0188. The lowest BCUT2D eigenvalue weighted by atomic mass is 10.1. The third kappa shape index (κ3) is 6.00. The van der Waals surface area contributed by atoms with E-state index in [4.69, 9.17) is 9.72 Å². The highest BCUT2D eigenvalue weighted by molar-refractivity contribution is 5.68. The highest BCUT2D eigenvalue weighted by Crippen LogP contribution is 2.41. The van der Waals surface area contributed by atoms with E-state index in [-0.39, 0.29) is 12.1 Å². The van der Waals surface area contributed by atoms with Crippen LogP contribution in [-0.4, -0.2) is 63.8 Å². The molecule has 3 N–H and O–H groups in total. The average Bonchev–Trinajstić information content (AvgIpc) is 3.52. The van der Waals surface area contributed by atoms with Crippen molar-refractivity contribution in [1.82, 2.24) is 25.2 Å². The van der Waals surface area contributed by atoms with Gasteiger partial charge in [0.2, 0.25) is 0 Å². The number of carbonyl (C=O) groups is 1. The van der Waals surface area contributed by atoms with Gasteiger partial charge in [-0.15, -0.1) is 0 Å². The van der Waals surface area contributed by atoms with Crippen LogP contribution in [0.5, 0.6) is 0 Å². The normalized spacial score (nSPS) is 19.1. The van der Waals surface area contributed by atoms with Crippen LogP contribution in [0.15, 0.2) is 18.2 Å². The summed E-state index contributed by atoms with van der Waals surface area (Å²) in [5.41, 5.74) is 2.74. The lowest BCUT2D eigenvalue weighted by Crippen LogP contribution is -2.50. The number of nitrogens with one attached hydrogen (secondary N) is 3. The minimum Gasteiger partial charge on any atom is -0.444 e. The Hall–Kier alpha value is -2.61. The Kier molecular flexibility index (Phi) is 6.69. The molecule has 1 saturated heterocycles. The van der Waals surface area contributed by atoms with Crippen LogP contribution < -0.4 is 10.6 Å². The molecule has 0 radical (unpaired) electrons. The molecule has 1 amide bonds. The molecule has 1 aliphatic carbocycles. The van der Waals surface area contributed by atoms with Crippen molar-refractivity contribution in [1.29, 1.82) is 0 Å². The van der Waals surface area contributed by atoms with Crippen molar-refractivity contribution in [2.75, 3.05) is 31.5 Å². The van der Waals surface area contributed by atoms with Crippen LogP contribution >= 0.6 is 0 Å². The summed E-state index contributed by atoms with van der Waals surface area (Å²) in [6.45, 7) is 10.8. The van der Waals surface area contributed by atoms with E-state index in [9.17, 15) is 4.79 Å². The molecule has 8 heteroatoms. The van der Waals surface area contributed by atoms with Crippen molar-refractivity contribution in [2.45, 2.75) is 70.9 Å². The van der Waals surface area contributed by atoms with E-state index in [1.165, 1.54) is 18.5 Å². The standard InChI is InChI=1S/C24H36N6O2/c1-16-21(17-10-11-17)29-22(27-16)19-8-5-9-20(28-19)26-13-12-25-18-7-6-14-30(15-18)23(31)32-24(2,3)4/h5,8-9,17-18,25H,6-7,10-15H2,1-4H3,(H,26,28)(H,27,29). The van der Waals surface area contributed by atoms with Crippen molar-refractivity contribution < 1.29 is 9.53 Å². The van der Waals surface area contributed by atoms with Crippen molar-refractivity contribution in [3.05, 3.63) is 29.6 Å². The Morgan fingerprint density at radius 1 is 1.22 bits per heavy atom.